The van der Waals surface area contributed by atoms with Crippen molar-refractivity contribution in [3.63, 3.8) is 0 Å². The number of hydrogen-bond acceptors (Lipinski definition) is 3. The van der Waals surface area contributed by atoms with Gasteiger partial charge in [-0.1, -0.05) is 118 Å². The Morgan fingerprint density at radius 2 is 1.38 bits per heavy atom. The fourth-order valence-corrected chi connectivity index (χ4v) is 6.68. The van der Waals surface area contributed by atoms with Crippen molar-refractivity contribution >= 4 is 22.3 Å². The van der Waals surface area contributed by atoms with Crippen molar-refractivity contribution < 1.29 is 21.1 Å². The van der Waals surface area contributed by atoms with Crippen LogP contribution in [0.3, 0.4) is 0 Å². The molecule has 5 aromatic carbocycles. The second kappa shape index (κ2) is 15.1. The number of pyridine rings is 3. The van der Waals surface area contributed by atoms with Gasteiger partial charge < -0.3 is 10.3 Å². The summed E-state index contributed by atoms with van der Waals surface area (Å²) in [6.45, 7) is 8.85. The molecule has 3 aromatic heterocycles. The summed E-state index contributed by atoms with van der Waals surface area (Å²) in [5.41, 5.74) is 12.7. The minimum Gasteiger partial charge on any atom is -0.441 e. The van der Waals surface area contributed by atoms with E-state index in [9.17, 15) is 0 Å². The monoisotopic (exact) mass is 865 g/mol. The van der Waals surface area contributed by atoms with E-state index >= 15 is 0 Å². The van der Waals surface area contributed by atoms with Crippen molar-refractivity contribution in [3.05, 3.63) is 180 Å². The number of rotatable bonds is 7. The molecule has 0 radical (unpaired) electrons. The number of benzene rings is 5. The summed E-state index contributed by atoms with van der Waals surface area (Å²) in [5.74, 6) is 0.590. The molecule has 0 spiro atoms. The van der Waals surface area contributed by atoms with Gasteiger partial charge in [0.15, 0.2) is 0 Å². The van der Waals surface area contributed by atoms with Crippen LogP contribution in [0.1, 0.15) is 31.9 Å². The zero-order valence-electron chi connectivity index (χ0n) is 30.1. The third-order valence-electron chi connectivity index (χ3n) is 9.43. The molecular weight excluding hydrogens is 828 g/mol. The van der Waals surface area contributed by atoms with E-state index in [1.807, 2.05) is 73.1 Å². The first-order valence-electron chi connectivity index (χ1n) is 17.6. The molecule has 0 unspecified atom stereocenters. The number of aromatic nitrogens is 3. The van der Waals surface area contributed by atoms with Crippen LogP contribution < -0.4 is 0 Å². The summed E-state index contributed by atoms with van der Waals surface area (Å²) in [5, 5.41) is 7.76. The Bertz CT molecular complexity index is 2540. The molecule has 0 aliphatic heterocycles. The van der Waals surface area contributed by atoms with Crippen molar-refractivity contribution in [2.45, 2.75) is 33.1 Å². The van der Waals surface area contributed by atoms with E-state index in [4.69, 9.17) is 20.3 Å². The standard InChI is InChI=1S/C48H38N4.Pt/c1-32-26-35-18-11-12-19-39(35)40(27-32)36-24-25-49-46(29-36)41-30-38(48(2,3)4)22-23-45(41)52-47-42(28-37(31-50-47)33-14-7-5-8-15-33)44-21-13-20-43(51-44)34-16-9-6-10-17-34;/h5-16,18-31H,1-4H3;/q-2;+2. The normalized spacial score (nSPS) is 11.2. The van der Waals surface area contributed by atoms with Crippen LogP contribution in [0.15, 0.2) is 158 Å². The van der Waals surface area contributed by atoms with Gasteiger partial charge in [0.2, 0.25) is 0 Å². The summed E-state index contributed by atoms with van der Waals surface area (Å²) in [7, 11) is 0. The third kappa shape index (κ3) is 7.61. The summed E-state index contributed by atoms with van der Waals surface area (Å²) in [6.07, 6.45) is 3.81. The number of fused-ring (bicyclic) bond motifs is 1. The topological polar surface area (TPSA) is 52.8 Å². The average Bonchev–Trinajstić information content (AvgIpc) is 3.18. The van der Waals surface area contributed by atoms with E-state index in [0.29, 0.717) is 5.82 Å². The fraction of sp³-hybridized carbons (Fsp3) is 0.104. The second-order valence-corrected chi connectivity index (χ2v) is 14.2. The van der Waals surface area contributed by atoms with E-state index < -0.39 is 0 Å². The molecule has 0 aliphatic carbocycles. The first-order valence-corrected chi connectivity index (χ1v) is 17.6. The van der Waals surface area contributed by atoms with Gasteiger partial charge >= 0.3 is 21.1 Å². The molecule has 5 heteroatoms. The Morgan fingerprint density at radius 1 is 0.585 bits per heavy atom. The first kappa shape index (κ1) is 35.7. The van der Waals surface area contributed by atoms with E-state index in [-0.39, 0.29) is 26.5 Å². The van der Waals surface area contributed by atoms with Gasteiger partial charge in [0.05, 0.1) is 11.4 Å². The Kier molecular flexibility index (Phi) is 10.2. The van der Waals surface area contributed by atoms with Crippen LogP contribution in [0.5, 0.6) is 0 Å². The molecule has 0 saturated heterocycles. The van der Waals surface area contributed by atoms with Crippen LogP contribution >= 0.6 is 0 Å². The summed E-state index contributed by atoms with van der Waals surface area (Å²) >= 11 is 0. The van der Waals surface area contributed by atoms with Crippen LogP contribution in [0.2, 0.25) is 0 Å². The minimum atomic E-state index is -0.0722. The van der Waals surface area contributed by atoms with Crippen LogP contribution in [-0.4, -0.2) is 15.0 Å². The van der Waals surface area contributed by atoms with Crippen LogP contribution in [0.4, 0.5) is 11.5 Å². The smallest absolute Gasteiger partial charge is 0.441 e. The molecule has 0 atom stereocenters. The van der Waals surface area contributed by atoms with E-state index in [1.54, 1.807) is 0 Å². The van der Waals surface area contributed by atoms with Gasteiger partial charge in [-0.15, -0.1) is 35.9 Å². The van der Waals surface area contributed by atoms with Crippen molar-refractivity contribution in [1.29, 1.82) is 0 Å². The number of aryl methyl sites for hydroxylation is 1. The van der Waals surface area contributed by atoms with Gasteiger partial charge in [-0.2, -0.15) is 0 Å². The van der Waals surface area contributed by atoms with E-state index in [2.05, 4.69) is 119 Å². The van der Waals surface area contributed by atoms with Crippen molar-refractivity contribution in [2.75, 3.05) is 0 Å². The third-order valence-corrected chi connectivity index (χ3v) is 9.43. The molecule has 53 heavy (non-hydrogen) atoms. The maximum absolute atomic E-state index is 5.32. The molecule has 260 valence electrons. The van der Waals surface area contributed by atoms with Crippen molar-refractivity contribution in [1.82, 2.24) is 15.0 Å². The SMILES string of the molecule is Cc1cc(-c2ccnc(-c3cc(C(C)(C)C)ccc3[N-]c3ncc(-c4ccccc4)cc3-c3cccc(-c4[c-]cccc4)n3)c2)c2ccccc2c1.[Pt+2]. The van der Waals surface area contributed by atoms with E-state index in [1.165, 1.54) is 27.5 Å². The molecule has 0 bridgehead atoms. The number of nitrogens with zero attached hydrogens (tertiary/aromatic N) is 4. The van der Waals surface area contributed by atoms with Gasteiger partial charge in [0.1, 0.15) is 0 Å². The van der Waals surface area contributed by atoms with Gasteiger partial charge in [-0.25, -0.2) is 0 Å². The maximum Gasteiger partial charge on any atom is 2.00 e. The zero-order chi connectivity index (χ0) is 35.7. The second-order valence-electron chi connectivity index (χ2n) is 14.2. The Hall–Kier alpha value is -5.70. The summed E-state index contributed by atoms with van der Waals surface area (Å²) in [6, 6.07) is 53.6. The average molecular weight is 866 g/mol. The predicted molar refractivity (Wildman–Crippen MR) is 216 cm³/mol. The summed E-state index contributed by atoms with van der Waals surface area (Å²) < 4.78 is 0. The minimum absolute atomic E-state index is 0. The van der Waals surface area contributed by atoms with Crippen LogP contribution in [0, 0.1) is 13.0 Å². The van der Waals surface area contributed by atoms with Gasteiger partial charge in [0.25, 0.3) is 0 Å². The zero-order valence-corrected chi connectivity index (χ0v) is 32.4. The molecule has 0 aliphatic rings. The molecule has 4 nitrogen and oxygen atoms in total. The van der Waals surface area contributed by atoms with Gasteiger partial charge in [0, 0.05) is 11.8 Å². The molecule has 3 heterocycles. The Balaban J connectivity index is 0.00000435. The van der Waals surface area contributed by atoms with Crippen molar-refractivity contribution in [3.8, 4) is 56.0 Å². The Labute approximate surface area is 326 Å². The number of hydrogen-bond donors (Lipinski definition) is 0. The molecule has 0 N–H and O–H groups in total. The predicted octanol–water partition coefficient (Wildman–Crippen LogP) is 13.1. The van der Waals surface area contributed by atoms with Crippen molar-refractivity contribution in [2.24, 2.45) is 0 Å². The van der Waals surface area contributed by atoms with Crippen LogP contribution in [-0.2, 0) is 26.5 Å². The molecule has 0 amide bonds. The molecular formula is C48H38N4Pt. The van der Waals surface area contributed by atoms with Crippen LogP contribution in [0.25, 0.3) is 72.1 Å². The fourth-order valence-electron chi connectivity index (χ4n) is 6.68. The Morgan fingerprint density at radius 3 is 2.19 bits per heavy atom. The largest absolute Gasteiger partial charge is 2.00 e. The first-order chi connectivity index (χ1) is 25.3. The van der Waals surface area contributed by atoms with E-state index in [0.717, 1.165) is 56.1 Å². The van der Waals surface area contributed by atoms with Gasteiger partial charge in [-0.3, -0.25) is 9.97 Å². The summed E-state index contributed by atoms with van der Waals surface area (Å²) in [4.78, 5) is 15.1. The van der Waals surface area contributed by atoms with Gasteiger partial charge in [-0.05, 0) is 110 Å². The molecule has 0 saturated carbocycles. The molecule has 8 aromatic rings. The maximum atomic E-state index is 5.32. The molecule has 8 rings (SSSR count). The molecule has 0 fully saturated rings. The quantitative estimate of drug-likeness (QED) is 0.150.